The van der Waals surface area contributed by atoms with Crippen LogP contribution in [0.5, 0.6) is 5.75 Å². The van der Waals surface area contributed by atoms with Crippen molar-refractivity contribution in [2.45, 2.75) is 12.6 Å². The van der Waals surface area contributed by atoms with Crippen LogP contribution in [0.2, 0.25) is 0 Å². The minimum absolute atomic E-state index is 0.0657. The van der Waals surface area contributed by atoms with Crippen LogP contribution in [0.4, 0.5) is 24.9 Å². The van der Waals surface area contributed by atoms with Crippen LogP contribution in [0.25, 0.3) is 22.0 Å². The third-order valence-corrected chi connectivity index (χ3v) is 6.74. The van der Waals surface area contributed by atoms with E-state index in [1.54, 1.807) is 17.0 Å². The van der Waals surface area contributed by atoms with E-state index in [0.717, 1.165) is 27.6 Å². The average Bonchev–Trinajstić information content (AvgIpc) is 3.40. The molecule has 0 unspecified atom stereocenters. The van der Waals surface area contributed by atoms with E-state index in [1.165, 1.54) is 0 Å². The lowest BCUT2D eigenvalue weighted by Gasteiger charge is -2.28. The van der Waals surface area contributed by atoms with Gasteiger partial charge in [-0.2, -0.15) is 18.2 Å². The van der Waals surface area contributed by atoms with Crippen LogP contribution in [0.1, 0.15) is 15.9 Å². The van der Waals surface area contributed by atoms with Crippen molar-refractivity contribution in [2.24, 2.45) is 0 Å². The molecule has 3 aromatic carbocycles. The predicted octanol–water partition coefficient (Wildman–Crippen LogP) is 4.68. The van der Waals surface area contributed by atoms with E-state index in [1.807, 2.05) is 54.6 Å². The van der Waals surface area contributed by atoms with Gasteiger partial charge in [-0.1, -0.05) is 48.5 Å². The van der Waals surface area contributed by atoms with Gasteiger partial charge in [-0.3, -0.25) is 9.69 Å². The number of benzene rings is 3. The van der Waals surface area contributed by atoms with Gasteiger partial charge in [0.2, 0.25) is 5.95 Å². The number of halogens is 3. The number of fused-ring (bicyclic) bond motifs is 2. The van der Waals surface area contributed by atoms with Crippen LogP contribution in [0.15, 0.2) is 66.7 Å². The van der Waals surface area contributed by atoms with Gasteiger partial charge >= 0.3 is 12.1 Å². The molecule has 9 nitrogen and oxygen atoms in total. The largest absolute Gasteiger partial charge is 0.508 e. The molecule has 6 rings (SSSR count). The molecule has 0 radical (unpaired) electrons. The molecule has 0 aliphatic carbocycles. The fourth-order valence-electron chi connectivity index (χ4n) is 4.80. The summed E-state index contributed by atoms with van der Waals surface area (Å²) < 4.78 is 37.2. The molecule has 2 N–H and O–H groups in total. The second-order valence-corrected chi connectivity index (χ2v) is 9.36. The topological polar surface area (TPSA) is 116 Å². The summed E-state index contributed by atoms with van der Waals surface area (Å²) in [5.74, 6) is -1.42. The Morgan fingerprint density at radius 2 is 1.59 bits per heavy atom. The number of aromatic hydroxyl groups is 1. The molecule has 0 saturated carbocycles. The Labute approximate surface area is 232 Å². The van der Waals surface area contributed by atoms with Crippen molar-refractivity contribution in [3.63, 3.8) is 0 Å². The SMILES string of the molecule is O=C(O)C(F)(F)F.O=C(c1cccc2ccccc12)N1CCc2c(-c3cccc(O)c3)nc(N3CCOCC3)nc21. The number of amides is 1. The highest BCUT2D eigenvalue weighted by Crippen LogP contribution is 2.37. The van der Waals surface area contributed by atoms with E-state index >= 15 is 0 Å². The molecule has 1 fully saturated rings. The molecule has 1 saturated heterocycles. The first kappa shape index (κ1) is 27.8. The molecule has 41 heavy (non-hydrogen) atoms. The quantitative estimate of drug-likeness (QED) is 0.368. The fourth-order valence-corrected chi connectivity index (χ4v) is 4.80. The second kappa shape index (κ2) is 11.4. The number of phenols is 1. The first-order valence-electron chi connectivity index (χ1n) is 12.8. The van der Waals surface area contributed by atoms with Gasteiger partial charge < -0.3 is 19.8 Å². The smallest absolute Gasteiger partial charge is 0.490 e. The average molecular weight is 567 g/mol. The van der Waals surface area contributed by atoms with E-state index in [4.69, 9.17) is 24.6 Å². The number of hydrogen-bond donors (Lipinski definition) is 2. The molecule has 2 aliphatic rings. The monoisotopic (exact) mass is 566 g/mol. The zero-order valence-corrected chi connectivity index (χ0v) is 21.6. The maximum absolute atomic E-state index is 13.8. The lowest BCUT2D eigenvalue weighted by atomic mass is 10.0. The van der Waals surface area contributed by atoms with Gasteiger partial charge in [0.05, 0.1) is 18.9 Å². The molecule has 12 heteroatoms. The van der Waals surface area contributed by atoms with E-state index in [0.29, 0.717) is 56.6 Å². The standard InChI is InChI=1S/C27H24N4O3.C2HF3O2/c32-20-8-3-7-19(17-20)24-23-11-12-31(25(23)29-27(28-24)30-13-15-34-16-14-30)26(33)22-10-4-6-18-5-1-2-9-21(18)22;3-2(4,5)1(6)7/h1-10,17,32H,11-16H2;(H,6,7). The number of anilines is 2. The summed E-state index contributed by atoms with van der Waals surface area (Å²) in [5, 5.41) is 19.2. The van der Waals surface area contributed by atoms with Crippen molar-refractivity contribution in [3.8, 4) is 17.0 Å². The van der Waals surface area contributed by atoms with Crippen LogP contribution in [0.3, 0.4) is 0 Å². The number of ether oxygens (including phenoxy) is 1. The number of phenolic OH excluding ortho intramolecular Hbond substituents is 1. The highest BCUT2D eigenvalue weighted by Gasteiger charge is 2.38. The molecule has 3 heterocycles. The van der Waals surface area contributed by atoms with Crippen molar-refractivity contribution < 1.29 is 37.7 Å². The number of nitrogens with zero attached hydrogens (tertiary/aromatic N) is 4. The molecule has 212 valence electrons. The Morgan fingerprint density at radius 1 is 0.902 bits per heavy atom. The van der Waals surface area contributed by atoms with Gasteiger partial charge in [-0.15, -0.1) is 0 Å². The molecule has 2 aliphatic heterocycles. The van der Waals surface area contributed by atoms with Crippen molar-refractivity contribution in [3.05, 3.63) is 77.9 Å². The third kappa shape index (κ3) is 5.92. The summed E-state index contributed by atoms with van der Waals surface area (Å²) in [6, 6.07) is 20.8. The fraction of sp³-hybridized carbons (Fsp3) is 0.241. The highest BCUT2D eigenvalue weighted by atomic mass is 19.4. The molecule has 0 spiro atoms. The summed E-state index contributed by atoms with van der Waals surface area (Å²) in [5.41, 5.74) is 3.16. The van der Waals surface area contributed by atoms with Gasteiger partial charge in [-0.25, -0.2) is 9.78 Å². The Kier molecular flexibility index (Phi) is 7.75. The first-order valence-corrected chi connectivity index (χ1v) is 12.8. The lowest BCUT2D eigenvalue weighted by Crippen LogP contribution is -2.38. The zero-order valence-electron chi connectivity index (χ0n) is 21.6. The van der Waals surface area contributed by atoms with Crippen LogP contribution < -0.4 is 9.80 Å². The minimum Gasteiger partial charge on any atom is -0.508 e. The predicted molar refractivity (Wildman–Crippen MR) is 145 cm³/mol. The zero-order chi connectivity index (χ0) is 29.1. The Balaban J connectivity index is 0.000000431. The van der Waals surface area contributed by atoms with Gasteiger partial charge in [0.15, 0.2) is 0 Å². The van der Waals surface area contributed by atoms with Gasteiger partial charge in [0.1, 0.15) is 11.6 Å². The van der Waals surface area contributed by atoms with E-state index in [-0.39, 0.29) is 11.7 Å². The molecule has 0 atom stereocenters. The second-order valence-electron chi connectivity index (χ2n) is 9.36. The van der Waals surface area contributed by atoms with Gasteiger partial charge in [0.25, 0.3) is 5.91 Å². The minimum atomic E-state index is -5.08. The Hall–Kier alpha value is -4.71. The number of carboxylic acids is 1. The maximum atomic E-state index is 13.8. The number of carboxylic acid groups (broad SMARTS) is 1. The lowest BCUT2D eigenvalue weighted by molar-refractivity contribution is -0.192. The van der Waals surface area contributed by atoms with Gasteiger partial charge in [-0.05, 0) is 35.4 Å². The van der Waals surface area contributed by atoms with Crippen molar-refractivity contribution in [1.82, 2.24) is 9.97 Å². The number of rotatable bonds is 3. The summed E-state index contributed by atoms with van der Waals surface area (Å²) in [4.78, 5) is 36.4. The van der Waals surface area contributed by atoms with Crippen LogP contribution in [-0.2, 0) is 16.0 Å². The van der Waals surface area contributed by atoms with Crippen LogP contribution in [0, 0.1) is 0 Å². The number of carbonyl (C=O) groups is 2. The maximum Gasteiger partial charge on any atom is 0.490 e. The number of morpholine rings is 1. The molecular formula is C29H25F3N4O5. The Morgan fingerprint density at radius 3 is 2.29 bits per heavy atom. The van der Waals surface area contributed by atoms with E-state index in [9.17, 15) is 23.1 Å². The van der Waals surface area contributed by atoms with Crippen LogP contribution >= 0.6 is 0 Å². The van der Waals surface area contributed by atoms with Crippen molar-refractivity contribution >= 4 is 34.4 Å². The Bertz CT molecular complexity index is 1600. The van der Waals surface area contributed by atoms with Crippen LogP contribution in [-0.4, -0.2) is 71.1 Å². The molecule has 1 aromatic heterocycles. The summed E-state index contributed by atoms with van der Waals surface area (Å²) in [7, 11) is 0. The molecule has 0 bridgehead atoms. The third-order valence-electron chi connectivity index (χ3n) is 6.74. The molecular weight excluding hydrogens is 541 g/mol. The number of aliphatic carboxylic acids is 1. The first-order chi connectivity index (χ1) is 19.6. The number of hydrogen-bond acceptors (Lipinski definition) is 7. The van der Waals surface area contributed by atoms with E-state index < -0.39 is 12.1 Å². The summed E-state index contributed by atoms with van der Waals surface area (Å²) in [6.07, 6.45) is -4.43. The molecule has 4 aromatic rings. The van der Waals surface area contributed by atoms with E-state index in [2.05, 4.69) is 4.90 Å². The number of aromatic nitrogens is 2. The van der Waals surface area contributed by atoms with Crippen molar-refractivity contribution in [1.29, 1.82) is 0 Å². The number of alkyl halides is 3. The van der Waals surface area contributed by atoms with Gasteiger partial charge in [0, 0.05) is 36.3 Å². The van der Waals surface area contributed by atoms with Crippen molar-refractivity contribution in [2.75, 3.05) is 42.6 Å². The summed E-state index contributed by atoms with van der Waals surface area (Å²) in [6.45, 7) is 3.14. The highest BCUT2D eigenvalue weighted by molar-refractivity contribution is 6.14. The normalized spacial score (nSPS) is 14.8. The summed E-state index contributed by atoms with van der Waals surface area (Å²) >= 11 is 0. The molecule has 1 amide bonds. The number of carbonyl (C=O) groups excluding carboxylic acids is 1.